The van der Waals surface area contributed by atoms with E-state index < -0.39 is 0 Å². The first-order valence-electron chi connectivity index (χ1n) is 11.8. The number of rotatable bonds is 3. The standard InChI is InChI=1S/C27H23N5O3/c33-25(12-17-15-35-24-7-2-1-4-19(17)24)32-14-18-16-34-11-10-31(18)27-23(32)13-29-26(30-27)21-5-3-6-22-20(21)8-9-28-22/h1-9,13,15,18,28H,10-12,14,16H2. The number of anilines is 2. The molecule has 5 heterocycles. The van der Waals surface area contributed by atoms with Gasteiger partial charge in [-0.2, -0.15) is 0 Å². The van der Waals surface area contributed by atoms with Crippen LogP contribution in [0, 0.1) is 0 Å². The fourth-order valence-electron chi connectivity index (χ4n) is 5.24. The molecular weight excluding hydrogens is 442 g/mol. The van der Waals surface area contributed by atoms with Gasteiger partial charge in [-0.15, -0.1) is 0 Å². The van der Waals surface area contributed by atoms with E-state index in [0.29, 0.717) is 25.6 Å². The quantitative estimate of drug-likeness (QED) is 0.430. The molecule has 8 heteroatoms. The average Bonchev–Trinajstić information content (AvgIpc) is 3.55. The number of carbonyl (C=O) groups is 1. The smallest absolute Gasteiger partial charge is 0.231 e. The number of ether oxygens (including phenoxy) is 1. The molecule has 1 atom stereocenters. The topological polar surface area (TPSA) is 87.5 Å². The van der Waals surface area contributed by atoms with E-state index in [2.05, 4.69) is 9.88 Å². The molecule has 1 unspecified atom stereocenters. The number of morpholine rings is 1. The van der Waals surface area contributed by atoms with E-state index in [4.69, 9.17) is 19.1 Å². The highest BCUT2D eigenvalue weighted by molar-refractivity contribution is 6.01. The Morgan fingerprint density at radius 2 is 2.06 bits per heavy atom. The van der Waals surface area contributed by atoms with Crippen LogP contribution in [0.3, 0.4) is 0 Å². The molecule has 0 aliphatic carbocycles. The van der Waals surface area contributed by atoms with Crippen molar-refractivity contribution in [3.63, 3.8) is 0 Å². The molecule has 5 aromatic rings. The number of aromatic nitrogens is 3. The molecule has 3 aromatic heterocycles. The zero-order valence-corrected chi connectivity index (χ0v) is 19.0. The van der Waals surface area contributed by atoms with Crippen LogP contribution in [0.25, 0.3) is 33.3 Å². The van der Waals surface area contributed by atoms with E-state index in [9.17, 15) is 4.79 Å². The number of benzene rings is 2. The van der Waals surface area contributed by atoms with Crippen LogP contribution in [-0.2, 0) is 16.0 Å². The van der Waals surface area contributed by atoms with Crippen molar-refractivity contribution >= 4 is 39.3 Å². The lowest BCUT2D eigenvalue weighted by molar-refractivity contribution is -0.118. The van der Waals surface area contributed by atoms with E-state index >= 15 is 0 Å². The summed E-state index contributed by atoms with van der Waals surface area (Å²) in [4.78, 5) is 30.7. The van der Waals surface area contributed by atoms with Crippen molar-refractivity contribution in [1.29, 1.82) is 0 Å². The van der Waals surface area contributed by atoms with E-state index in [-0.39, 0.29) is 18.4 Å². The normalized spacial score (nSPS) is 17.5. The Bertz CT molecular complexity index is 1570. The molecule has 0 saturated carbocycles. The summed E-state index contributed by atoms with van der Waals surface area (Å²) < 4.78 is 11.4. The molecule has 1 amide bonds. The molecule has 2 aliphatic rings. The number of carbonyl (C=O) groups excluding carboxylic acids is 1. The molecular formula is C27H23N5O3. The minimum absolute atomic E-state index is 0.00730. The second-order valence-electron chi connectivity index (χ2n) is 9.01. The molecule has 35 heavy (non-hydrogen) atoms. The lowest BCUT2D eigenvalue weighted by Crippen LogP contribution is -2.57. The molecule has 7 rings (SSSR count). The lowest BCUT2D eigenvalue weighted by Gasteiger charge is -2.44. The van der Waals surface area contributed by atoms with Crippen LogP contribution in [-0.4, -0.2) is 53.2 Å². The van der Waals surface area contributed by atoms with E-state index in [1.165, 1.54) is 0 Å². The van der Waals surface area contributed by atoms with Gasteiger partial charge < -0.3 is 23.9 Å². The Hall–Kier alpha value is -4.17. The van der Waals surface area contributed by atoms with Crippen LogP contribution in [0.4, 0.5) is 11.5 Å². The number of nitrogens with one attached hydrogen (secondary N) is 1. The van der Waals surface area contributed by atoms with E-state index in [0.717, 1.165) is 51.0 Å². The number of furan rings is 1. The second-order valence-corrected chi connectivity index (χ2v) is 9.01. The van der Waals surface area contributed by atoms with Gasteiger partial charge in [-0.1, -0.05) is 30.3 Å². The van der Waals surface area contributed by atoms with Crippen LogP contribution in [0.5, 0.6) is 0 Å². The molecule has 174 valence electrons. The minimum Gasteiger partial charge on any atom is -0.464 e. The third-order valence-corrected chi connectivity index (χ3v) is 6.97. The molecule has 1 N–H and O–H groups in total. The van der Waals surface area contributed by atoms with Crippen LogP contribution < -0.4 is 9.80 Å². The first kappa shape index (κ1) is 20.2. The lowest BCUT2D eigenvalue weighted by atomic mass is 10.1. The number of hydrogen-bond donors (Lipinski definition) is 1. The van der Waals surface area contributed by atoms with Gasteiger partial charge in [-0.3, -0.25) is 4.79 Å². The van der Waals surface area contributed by atoms with Gasteiger partial charge in [0, 0.05) is 46.7 Å². The van der Waals surface area contributed by atoms with Gasteiger partial charge in [-0.05, 0) is 18.2 Å². The SMILES string of the molecule is O=C(Cc1coc2ccccc12)N1CC2COCCN2c2nc(-c3cccc4[nH]ccc34)ncc21. The molecule has 2 aliphatic heterocycles. The van der Waals surface area contributed by atoms with Gasteiger partial charge in [0.05, 0.1) is 38.1 Å². The third-order valence-electron chi connectivity index (χ3n) is 6.97. The monoisotopic (exact) mass is 465 g/mol. The van der Waals surface area contributed by atoms with Crippen molar-refractivity contribution in [3.8, 4) is 11.4 Å². The largest absolute Gasteiger partial charge is 0.464 e. The van der Waals surface area contributed by atoms with Crippen LogP contribution >= 0.6 is 0 Å². The Kier molecular flexibility index (Phi) is 4.60. The van der Waals surface area contributed by atoms with Crippen molar-refractivity contribution < 1.29 is 13.9 Å². The van der Waals surface area contributed by atoms with Crippen LogP contribution in [0.15, 0.2) is 71.6 Å². The highest BCUT2D eigenvalue weighted by Gasteiger charge is 2.37. The van der Waals surface area contributed by atoms with Crippen molar-refractivity contribution in [2.75, 3.05) is 36.1 Å². The maximum atomic E-state index is 13.6. The van der Waals surface area contributed by atoms with Gasteiger partial charge in [0.25, 0.3) is 0 Å². The van der Waals surface area contributed by atoms with E-state index in [1.807, 2.05) is 59.6 Å². The number of fused-ring (bicyclic) bond motifs is 5. The van der Waals surface area contributed by atoms with Crippen molar-refractivity contribution in [2.45, 2.75) is 12.5 Å². The third kappa shape index (κ3) is 3.29. The first-order chi connectivity index (χ1) is 17.3. The first-order valence-corrected chi connectivity index (χ1v) is 11.8. The zero-order valence-electron chi connectivity index (χ0n) is 19.0. The Labute approximate surface area is 201 Å². The Morgan fingerprint density at radius 1 is 1.11 bits per heavy atom. The van der Waals surface area contributed by atoms with Crippen molar-refractivity contribution in [3.05, 3.63) is 72.8 Å². The summed E-state index contributed by atoms with van der Waals surface area (Å²) in [6.07, 6.45) is 5.64. The van der Waals surface area contributed by atoms with Gasteiger partial charge in [-0.25, -0.2) is 9.97 Å². The van der Waals surface area contributed by atoms with E-state index in [1.54, 1.807) is 12.5 Å². The van der Waals surface area contributed by atoms with Crippen LogP contribution in [0.2, 0.25) is 0 Å². The molecule has 0 radical (unpaired) electrons. The summed E-state index contributed by atoms with van der Waals surface area (Å²) in [7, 11) is 0. The Balaban J connectivity index is 1.29. The molecule has 2 aromatic carbocycles. The number of para-hydroxylation sites is 1. The van der Waals surface area contributed by atoms with Gasteiger partial charge in [0.15, 0.2) is 11.6 Å². The fourth-order valence-corrected chi connectivity index (χ4v) is 5.24. The number of aromatic amines is 1. The van der Waals surface area contributed by atoms with Crippen LogP contribution in [0.1, 0.15) is 5.56 Å². The fraction of sp³-hybridized carbons (Fsp3) is 0.222. The predicted molar refractivity (Wildman–Crippen MR) is 134 cm³/mol. The van der Waals surface area contributed by atoms with Crippen molar-refractivity contribution in [1.82, 2.24) is 15.0 Å². The van der Waals surface area contributed by atoms with Crippen molar-refractivity contribution in [2.24, 2.45) is 0 Å². The van der Waals surface area contributed by atoms with Gasteiger partial charge in [0.2, 0.25) is 5.91 Å². The maximum absolute atomic E-state index is 13.6. The number of nitrogens with zero attached hydrogens (tertiary/aromatic N) is 4. The molecule has 1 saturated heterocycles. The minimum atomic E-state index is -0.00730. The predicted octanol–water partition coefficient (Wildman–Crippen LogP) is 4.17. The summed E-state index contributed by atoms with van der Waals surface area (Å²) in [6.45, 7) is 2.47. The zero-order chi connectivity index (χ0) is 23.4. The molecule has 8 nitrogen and oxygen atoms in total. The number of amides is 1. The van der Waals surface area contributed by atoms with Gasteiger partial charge >= 0.3 is 0 Å². The highest BCUT2D eigenvalue weighted by atomic mass is 16.5. The Morgan fingerprint density at radius 3 is 3.03 bits per heavy atom. The molecule has 0 spiro atoms. The molecule has 0 bridgehead atoms. The summed E-state index contributed by atoms with van der Waals surface area (Å²) in [6, 6.07) is 15.9. The maximum Gasteiger partial charge on any atom is 0.231 e. The number of H-pyrrole nitrogens is 1. The summed E-state index contributed by atoms with van der Waals surface area (Å²) in [5, 5.41) is 2.04. The highest BCUT2D eigenvalue weighted by Crippen LogP contribution is 2.37. The summed E-state index contributed by atoms with van der Waals surface area (Å²) in [5.74, 6) is 1.42. The second kappa shape index (κ2) is 7.95. The molecule has 1 fully saturated rings. The summed E-state index contributed by atoms with van der Waals surface area (Å²) >= 11 is 0. The summed E-state index contributed by atoms with van der Waals surface area (Å²) in [5.41, 5.74) is 4.41. The average molecular weight is 466 g/mol. The van der Waals surface area contributed by atoms with Gasteiger partial charge in [0.1, 0.15) is 11.3 Å². The number of hydrogen-bond acceptors (Lipinski definition) is 6.